The molecular formula is C9H11ClN2O4. The summed E-state index contributed by atoms with van der Waals surface area (Å²) in [6.07, 6.45) is 0. The zero-order valence-electron chi connectivity index (χ0n) is 8.48. The molecule has 0 fully saturated rings. The van der Waals surface area contributed by atoms with Crippen LogP contribution in [0, 0.1) is 10.1 Å². The highest BCUT2D eigenvalue weighted by Crippen LogP contribution is 2.35. The smallest absolute Gasteiger partial charge is 0.296 e. The molecule has 0 aliphatic carbocycles. The summed E-state index contributed by atoms with van der Waals surface area (Å²) in [4.78, 5) is 10.1. The fraction of sp³-hybridized carbons (Fsp3) is 0.333. The molecule has 6 nitrogen and oxygen atoms in total. The van der Waals surface area contributed by atoms with Gasteiger partial charge in [-0.25, -0.2) is 0 Å². The van der Waals surface area contributed by atoms with Gasteiger partial charge >= 0.3 is 0 Å². The lowest BCUT2D eigenvalue weighted by molar-refractivity contribution is -0.384. The first-order valence-electron chi connectivity index (χ1n) is 4.50. The van der Waals surface area contributed by atoms with Crippen LogP contribution in [0.1, 0.15) is 6.92 Å². The number of hydrogen-bond acceptors (Lipinski definition) is 5. The lowest BCUT2D eigenvalue weighted by Crippen LogP contribution is -2.19. The minimum absolute atomic E-state index is 0.0123. The van der Waals surface area contributed by atoms with Crippen molar-refractivity contribution in [3.05, 3.63) is 27.3 Å². The molecule has 1 rings (SSSR count). The van der Waals surface area contributed by atoms with Gasteiger partial charge in [0.2, 0.25) is 0 Å². The fourth-order valence-electron chi connectivity index (χ4n) is 1.13. The van der Waals surface area contributed by atoms with Crippen molar-refractivity contribution in [2.45, 2.75) is 13.0 Å². The molecule has 16 heavy (non-hydrogen) atoms. The maximum atomic E-state index is 10.7. The second-order valence-electron chi connectivity index (χ2n) is 3.31. The van der Waals surface area contributed by atoms with E-state index in [0.29, 0.717) is 0 Å². The SMILES string of the molecule is CC(CO)Nc1cc(Cl)c(O)cc1[N+](=O)[O-]. The zero-order valence-corrected chi connectivity index (χ0v) is 9.23. The topological polar surface area (TPSA) is 95.6 Å². The number of benzene rings is 1. The molecule has 1 unspecified atom stereocenters. The lowest BCUT2D eigenvalue weighted by atomic mass is 10.2. The number of aromatic hydroxyl groups is 1. The maximum absolute atomic E-state index is 10.7. The fourth-order valence-corrected chi connectivity index (χ4v) is 1.29. The van der Waals surface area contributed by atoms with Gasteiger partial charge in [0, 0.05) is 6.04 Å². The Balaban J connectivity index is 3.14. The molecule has 0 saturated heterocycles. The molecule has 0 aliphatic heterocycles. The average Bonchev–Trinajstić information content (AvgIpc) is 2.22. The Hall–Kier alpha value is -1.53. The van der Waals surface area contributed by atoms with E-state index in [1.54, 1.807) is 6.92 Å². The minimum atomic E-state index is -0.636. The van der Waals surface area contributed by atoms with Gasteiger partial charge in [0.15, 0.2) is 0 Å². The number of nitro groups is 1. The van der Waals surface area contributed by atoms with Crippen molar-refractivity contribution in [3.63, 3.8) is 0 Å². The van der Waals surface area contributed by atoms with E-state index in [1.807, 2.05) is 0 Å². The van der Waals surface area contributed by atoms with E-state index in [0.717, 1.165) is 6.07 Å². The molecule has 0 heterocycles. The molecule has 0 aromatic heterocycles. The van der Waals surface area contributed by atoms with Crippen molar-refractivity contribution in [1.29, 1.82) is 0 Å². The van der Waals surface area contributed by atoms with Gasteiger partial charge in [-0.2, -0.15) is 0 Å². The molecule has 3 N–H and O–H groups in total. The van der Waals surface area contributed by atoms with Crippen LogP contribution in [0.4, 0.5) is 11.4 Å². The third-order valence-electron chi connectivity index (χ3n) is 1.94. The predicted molar refractivity (Wildman–Crippen MR) is 59.9 cm³/mol. The van der Waals surface area contributed by atoms with Gasteiger partial charge in [0.05, 0.1) is 22.6 Å². The second kappa shape index (κ2) is 5.00. The first kappa shape index (κ1) is 12.5. The van der Waals surface area contributed by atoms with E-state index >= 15 is 0 Å². The van der Waals surface area contributed by atoms with E-state index in [-0.39, 0.29) is 34.8 Å². The summed E-state index contributed by atoms with van der Waals surface area (Å²) in [5.41, 5.74) is -0.128. The normalized spacial score (nSPS) is 12.2. The van der Waals surface area contributed by atoms with Crippen molar-refractivity contribution in [2.24, 2.45) is 0 Å². The zero-order chi connectivity index (χ0) is 12.3. The Morgan fingerprint density at radius 2 is 2.25 bits per heavy atom. The maximum Gasteiger partial charge on any atom is 0.296 e. The van der Waals surface area contributed by atoms with Gasteiger partial charge in [0.1, 0.15) is 11.4 Å². The number of nitro benzene ring substituents is 1. The van der Waals surface area contributed by atoms with Crippen molar-refractivity contribution in [2.75, 3.05) is 11.9 Å². The molecule has 7 heteroatoms. The number of nitrogens with zero attached hydrogens (tertiary/aromatic N) is 1. The molecule has 0 radical (unpaired) electrons. The van der Waals surface area contributed by atoms with E-state index in [1.165, 1.54) is 6.07 Å². The summed E-state index contributed by atoms with van der Waals surface area (Å²) in [6, 6.07) is 1.87. The Morgan fingerprint density at radius 3 is 2.75 bits per heavy atom. The molecule has 88 valence electrons. The number of rotatable bonds is 4. The standard InChI is InChI=1S/C9H11ClN2O4/c1-5(4-13)11-7-2-6(10)9(14)3-8(7)12(15)16/h2-3,5,11,13-14H,4H2,1H3. The summed E-state index contributed by atoms with van der Waals surface area (Å²) in [7, 11) is 0. The third-order valence-corrected chi connectivity index (χ3v) is 2.24. The van der Waals surface area contributed by atoms with Gasteiger partial charge in [-0.15, -0.1) is 0 Å². The van der Waals surface area contributed by atoms with Crippen molar-refractivity contribution in [1.82, 2.24) is 0 Å². The molecular weight excluding hydrogens is 236 g/mol. The van der Waals surface area contributed by atoms with Gasteiger partial charge in [0.25, 0.3) is 5.69 Å². The Labute approximate surface area is 96.6 Å². The molecule has 1 aromatic carbocycles. The van der Waals surface area contributed by atoms with E-state index in [9.17, 15) is 15.2 Å². The van der Waals surface area contributed by atoms with E-state index in [2.05, 4.69) is 5.32 Å². The highest BCUT2D eigenvalue weighted by Gasteiger charge is 2.18. The number of anilines is 1. The summed E-state index contributed by atoms with van der Waals surface area (Å²) < 4.78 is 0. The van der Waals surface area contributed by atoms with Crippen LogP contribution in [0.3, 0.4) is 0 Å². The second-order valence-corrected chi connectivity index (χ2v) is 3.71. The van der Waals surface area contributed by atoms with Gasteiger partial charge in [-0.1, -0.05) is 11.6 Å². The monoisotopic (exact) mass is 246 g/mol. The molecule has 1 atom stereocenters. The van der Waals surface area contributed by atoms with E-state index in [4.69, 9.17) is 16.7 Å². The van der Waals surface area contributed by atoms with E-state index < -0.39 is 4.92 Å². The molecule has 1 aromatic rings. The largest absolute Gasteiger partial charge is 0.506 e. The average molecular weight is 247 g/mol. The predicted octanol–water partition coefficient (Wildman–Crippen LogP) is 1.75. The van der Waals surface area contributed by atoms with Crippen LogP contribution in [0.25, 0.3) is 0 Å². The van der Waals surface area contributed by atoms with Crippen LogP contribution >= 0.6 is 11.6 Å². The number of halogens is 1. The van der Waals surface area contributed by atoms with Crippen molar-refractivity contribution in [3.8, 4) is 5.75 Å². The highest BCUT2D eigenvalue weighted by atomic mass is 35.5. The summed E-state index contributed by atoms with van der Waals surface area (Å²) in [5, 5.41) is 31.5. The number of hydrogen-bond donors (Lipinski definition) is 3. The van der Waals surface area contributed by atoms with Crippen LogP contribution < -0.4 is 5.32 Å². The van der Waals surface area contributed by atoms with Crippen LogP contribution in [-0.4, -0.2) is 27.8 Å². The number of phenolic OH excluding ortho intramolecular Hbond substituents is 1. The van der Waals surface area contributed by atoms with Crippen LogP contribution in [0.15, 0.2) is 12.1 Å². The summed E-state index contributed by atoms with van der Waals surface area (Å²) in [5.74, 6) is -0.351. The van der Waals surface area contributed by atoms with Crippen molar-refractivity contribution < 1.29 is 15.1 Å². The quantitative estimate of drug-likeness (QED) is 0.427. The molecule has 0 aliphatic rings. The first-order valence-corrected chi connectivity index (χ1v) is 4.87. The highest BCUT2D eigenvalue weighted by molar-refractivity contribution is 6.32. The Kier molecular flexibility index (Phi) is 3.92. The number of phenols is 1. The van der Waals surface area contributed by atoms with Crippen LogP contribution in [-0.2, 0) is 0 Å². The van der Waals surface area contributed by atoms with Gasteiger partial charge < -0.3 is 15.5 Å². The first-order chi connectivity index (χ1) is 7.45. The van der Waals surface area contributed by atoms with Crippen LogP contribution in [0.5, 0.6) is 5.75 Å². The molecule has 0 spiro atoms. The summed E-state index contributed by atoms with van der Waals surface area (Å²) in [6.45, 7) is 1.49. The van der Waals surface area contributed by atoms with Crippen molar-refractivity contribution >= 4 is 23.0 Å². The Bertz CT molecular complexity index is 411. The molecule has 0 amide bonds. The van der Waals surface area contributed by atoms with Crippen LogP contribution in [0.2, 0.25) is 5.02 Å². The van der Waals surface area contributed by atoms with Gasteiger partial charge in [-0.05, 0) is 13.0 Å². The summed E-state index contributed by atoms with van der Waals surface area (Å²) >= 11 is 5.64. The lowest BCUT2D eigenvalue weighted by Gasteiger charge is -2.13. The van der Waals surface area contributed by atoms with Gasteiger partial charge in [-0.3, -0.25) is 10.1 Å². The third kappa shape index (κ3) is 2.74. The Morgan fingerprint density at radius 1 is 1.62 bits per heavy atom. The minimum Gasteiger partial charge on any atom is -0.506 e. The number of aliphatic hydroxyl groups excluding tert-OH is 1. The number of aliphatic hydroxyl groups is 1. The molecule has 0 saturated carbocycles. The number of nitrogens with one attached hydrogen (secondary N) is 1. The molecule has 0 bridgehead atoms.